The van der Waals surface area contributed by atoms with Crippen LogP contribution in [0.15, 0.2) is 54.2 Å². The van der Waals surface area contributed by atoms with Crippen molar-refractivity contribution in [3.8, 4) is 0 Å². The summed E-state index contributed by atoms with van der Waals surface area (Å²) < 4.78 is 0. The number of nitrogens with zero attached hydrogens (tertiary/aromatic N) is 2. The monoisotopic (exact) mass is 348 g/mol. The summed E-state index contributed by atoms with van der Waals surface area (Å²) in [5.74, 6) is 0.437. The molecule has 0 aliphatic rings. The quantitative estimate of drug-likeness (QED) is 0.439. The van der Waals surface area contributed by atoms with Crippen LogP contribution in [-0.2, 0) is 6.42 Å². The van der Waals surface area contributed by atoms with Gasteiger partial charge in [-0.15, -0.1) is 0 Å². The van der Waals surface area contributed by atoms with E-state index in [1.54, 1.807) is 7.05 Å². The lowest BCUT2D eigenvalue weighted by molar-refractivity contribution is 0.473. The van der Waals surface area contributed by atoms with E-state index in [0.29, 0.717) is 5.92 Å². The first-order chi connectivity index (χ1) is 12.4. The van der Waals surface area contributed by atoms with Gasteiger partial charge in [0.2, 0.25) is 0 Å². The van der Waals surface area contributed by atoms with Gasteiger partial charge in [0.15, 0.2) is 0 Å². The molecule has 0 fully saturated rings. The lowest BCUT2D eigenvalue weighted by atomic mass is 9.87. The van der Waals surface area contributed by atoms with Crippen LogP contribution in [0, 0.1) is 27.7 Å². The van der Waals surface area contributed by atoms with Crippen LogP contribution in [0.25, 0.3) is 0 Å². The number of hydrogen-bond donors (Lipinski definition) is 0. The molecule has 0 heterocycles. The normalized spacial score (nSPS) is 12.3. The largest absolute Gasteiger partial charge is 0.339 e. The SMILES string of the molecule is C=CN(C=NC)CC(CCc1ccc(C)cc1C)c1ccc(C)cc1C. The molecule has 2 nitrogen and oxygen atoms in total. The van der Waals surface area contributed by atoms with Crippen LogP contribution < -0.4 is 0 Å². The van der Waals surface area contributed by atoms with E-state index in [0.717, 1.165) is 19.4 Å². The third-order valence-corrected chi connectivity index (χ3v) is 5.05. The van der Waals surface area contributed by atoms with Crippen LogP contribution in [0.4, 0.5) is 0 Å². The molecule has 0 aromatic heterocycles. The van der Waals surface area contributed by atoms with Gasteiger partial charge in [0, 0.05) is 19.5 Å². The summed E-state index contributed by atoms with van der Waals surface area (Å²) in [5, 5.41) is 0. The third kappa shape index (κ3) is 5.32. The minimum absolute atomic E-state index is 0.437. The predicted molar refractivity (Wildman–Crippen MR) is 114 cm³/mol. The van der Waals surface area contributed by atoms with Crippen molar-refractivity contribution in [1.82, 2.24) is 4.90 Å². The Hall–Kier alpha value is -2.35. The Labute approximate surface area is 159 Å². The summed E-state index contributed by atoms with van der Waals surface area (Å²) in [6, 6.07) is 13.6. The standard InChI is InChI=1S/C24H32N2/c1-7-26(17-25-6)16-23(24-13-9-19(3)15-21(24)5)12-11-22-10-8-18(2)14-20(22)4/h7-10,13-15,17,23H,1,11-12,16H2,2-6H3. The van der Waals surface area contributed by atoms with Crippen molar-refractivity contribution in [2.24, 2.45) is 4.99 Å². The van der Waals surface area contributed by atoms with Crippen LogP contribution in [-0.4, -0.2) is 24.8 Å². The fourth-order valence-corrected chi connectivity index (χ4v) is 3.66. The summed E-state index contributed by atoms with van der Waals surface area (Å²) in [7, 11) is 1.80. The van der Waals surface area contributed by atoms with E-state index in [9.17, 15) is 0 Å². The zero-order chi connectivity index (χ0) is 19.1. The maximum Gasteiger partial charge on any atom is 0.0886 e. The molecule has 1 unspecified atom stereocenters. The first-order valence-electron chi connectivity index (χ1n) is 9.38. The van der Waals surface area contributed by atoms with Gasteiger partial charge in [-0.05, 0) is 69.0 Å². The first kappa shape index (κ1) is 20.0. The maximum absolute atomic E-state index is 4.16. The van der Waals surface area contributed by atoms with Crippen molar-refractivity contribution in [2.75, 3.05) is 13.6 Å². The van der Waals surface area contributed by atoms with Crippen molar-refractivity contribution < 1.29 is 0 Å². The minimum Gasteiger partial charge on any atom is -0.339 e. The van der Waals surface area contributed by atoms with Crippen LogP contribution >= 0.6 is 0 Å². The van der Waals surface area contributed by atoms with Crippen LogP contribution in [0.1, 0.15) is 45.7 Å². The molecule has 0 saturated carbocycles. The number of aliphatic imine (C=N–C) groups is 1. The lowest BCUT2D eigenvalue weighted by Crippen LogP contribution is -2.23. The van der Waals surface area contributed by atoms with Gasteiger partial charge in [-0.2, -0.15) is 0 Å². The highest BCUT2D eigenvalue weighted by atomic mass is 15.1. The molecule has 26 heavy (non-hydrogen) atoms. The highest BCUT2D eigenvalue weighted by Crippen LogP contribution is 2.27. The van der Waals surface area contributed by atoms with Crippen molar-refractivity contribution in [3.63, 3.8) is 0 Å². The molecule has 0 bridgehead atoms. The van der Waals surface area contributed by atoms with Crippen molar-refractivity contribution in [1.29, 1.82) is 0 Å². The molecule has 0 radical (unpaired) electrons. The van der Waals surface area contributed by atoms with E-state index in [4.69, 9.17) is 0 Å². The topological polar surface area (TPSA) is 15.6 Å². The van der Waals surface area contributed by atoms with Gasteiger partial charge < -0.3 is 4.90 Å². The Morgan fingerprint density at radius 3 is 2.23 bits per heavy atom. The summed E-state index contributed by atoms with van der Waals surface area (Å²) in [6.45, 7) is 13.6. The van der Waals surface area contributed by atoms with Gasteiger partial charge in [0.05, 0.1) is 6.34 Å². The smallest absolute Gasteiger partial charge is 0.0886 e. The Balaban J connectivity index is 2.25. The van der Waals surface area contributed by atoms with Crippen LogP contribution in [0.3, 0.4) is 0 Å². The van der Waals surface area contributed by atoms with E-state index >= 15 is 0 Å². The van der Waals surface area contributed by atoms with Crippen LogP contribution in [0.5, 0.6) is 0 Å². The average molecular weight is 349 g/mol. The molecule has 1 atom stereocenters. The van der Waals surface area contributed by atoms with E-state index in [1.165, 1.54) is 33.4 Å². The predicted octanol–water partition coefficient (Wildman–Crippen LogP) is 5.74. The molecule has 0 aliphatic heterocycles. The molecule has 2 heteroatoms. The van der Waals surface area contributed by atoms with Gasteiger partial charge in [0.1, 0.15) is 0 Å². The molecule has 0 N–H and O–H groups in total. The zero-order valence-corrected chi connectivity index (χ0v) is 16.9. The number of benzene rings is 2. The first-order valence-corrected chi connectivity index (χ1v) is 9.38. The van der Waals surface area contributed by atoms with Gasteiger partial charge in [-0.25, -0.2) is 0 Å². The lowest BCUT2D eigenvalue weighted by Gasteiger charge is -2.25. The summed E-state index contributed by atoms with van der Waals surface area (Å²) in [6.07, 6.45) is 5.91. The highest BCUT2D eigenvalue weighted by Gasteiger charge is 2.17. The minimum atomic E-state index is 0.437. The second-order valence-corrected chi connectivity index (χ2v) is 7.28. The molecule has 0 amide bonds. The van der Waals surface area contributed by atoms with Gasteiger partial charge in [-0.1, -0.05) is 54.1 Å². The molecule has 0 aliphatic carbocycles. The molecule has 2 aromatic rings. The molecular formula is C24H32N2. The second-order valence-electron chi connectivity index (χ2n) is 7.28. The molecule has 138 valence electrons. The summed E-state index contributed by atoms with van der Waals surface area (Å²) in [4.78, 5) is 6.25. The Kier molecular flexibility index (Phi) is 7.20. The Bertz CT molecular complexity index is 774. The fraction of sp³-hybridized carbons (Fsp3) is 0.375. The molecule has 0 spiro atoms. The van der Waals surface area contributed by atoms with Gasteiger partial charge in [-0.3, -0.25) is 4.99 Å². The maximum atomic E-state index is 4.16. The number of aryl methyl sites for hydroxylation is 5. The zero-order valence-electron chi connectivity index (χ0n) is 16.9. The van der Waals surface area contributed by atoms with Crippen molar-refractivity contribution >= 4 is 6.34 Å². The van der Waals surface area contributed by atoms with Crippen molar-refractivity contribution in [3.05, 3.63) is 82.6 Å². The fourth-order valence-electron chi connectivity index (χ4n) is 3.66. The molecule has 2 rings (SSSR count). The van der Waals surface area contributed by atoms with E-state index in [-0.39, 0.29) is 0 Å². The molecular weight excluding hydrogens is 316 g/mol. The van der Waals surface area contributed by atoms with Crippen LogP contribution in [0.2, 0.25) is 0 Å². The second kappa shape index (κ2) is 9.38. The van der Waals surface area contributed by atoms with Gasteiger partial charge in [0.25, 0.3) is 0 Å². The van der Waals surface area contributed by atoms with Gasteiger partial charge >= 0.3 is 0 Å². The Morgan fingerprint density at radius 2 is 1.65 bits per heavy atom. The number of hydrogen-bond acceptors (Lipinski definition) is 1. The highest BCUT2D eigenvalue weighted by molar-refractivity contribution is 5.56. The molecule has 0 saturated heterocycles. The van der Waals surface area contributed by atoms with E-state index in [1.807, 2.05) is 12.5 Å². The third-order valence-electron chi connectivity index (χ3n) is 5.05. The number of rotatable bonds is 8. The summed E-state index contributed by atoms with van der Waals surface area (Å²) >= 11 is 0. The van der Waals surface area contributed by atoms with Crippen molar-refractivity contribution in [2.45, 2.75) is 46.5 Å². The Morgan fingerprint density at radius 1 is 1.00 bits per heavy atom. The molecule has 2 aromatic carbocycles. The van der Waals surface area contributed by atoms with E-state index in [2.05, 4.69) is 80.6 Å². The van der Waals surface area contributed by atoms with E-state index < -0.39 is 0 Å². The average Bonchev–Trinajstić information content (AvgIpc) is 2.59. The summed E-state index contributed by atoms with van der Waals surface area (Å²) in [5.41, 5.74) is 8.27.